The average Bonchev–Trinajstić information content (AvgIpc) is 3.26. The van der Waals surface area contributed by atoms with Crippen LogP contribution in [0.5, 0.6) is 0 Å². The molecule has 3 nitrogen and oxygen atoms in total. The number of esters is 1. The maximum absolute atomic E-state index is 11.7. The molecular weight excluding hydrogens is 252 g/mol. The molecule has 2 spiro atoms. The van der Waals surface area contributed by atoms with Crippen molar-refractivity contribution in [2.24, 2.45) is 16.7 Å². The van der Waals surface area contributed by atoms with Crippen molar-refractivity contribution in [3.8, 4) is 0 Å². The van der Waals surface area contributed by atoms with E-state index >= 15 is 0 Å². The van der Waals surface area contributed by atoms with Crippen molar-refractivity contribution < 1.29 is 14.3 Å². The van der Waals surface area contributed by atoms with Crippen LogP contribution in [0.15, 0.2) is 11.1 Å². The monoisotopic (exact) mass is 274 g/mol. The predicted molar refractivity (Wildman–Crippen MR) is 74.0 cm³/mol. The van der Waals surface area contributed by atoms with Gasteiger partial charge in [-0.25, -0.2) is 4.79 Å². The second kappa shape index (κ2) is 3.96. The molecule has 0 N–H and O–H groups in total. The molecule has 0 amide bonds. The summed E-state index contributed by atoms with van der Waals surface area (Å²) in [6.07, 6.45) is 10.4. The van der Waals surface area contributed by atoms with E-state index < -0.39 is 5.97 Å². The molecular formula is C17H22O3. The highest BCUT2D eigenvalue weighted by molar-refractivity contribution is 6.36. The fourth-order valence-electron chi connectivity index (χ4n) is 4.24. The Kier molecular flexibility index (Phi) is 2.49. The summed E-state index contributed by atoms with van der Waals surface area (Å²) in [5.41, 5.74) is 4.12. The number of ether oxygens (including phenoxy) is 1. The lowest BCUT2D eigenvalue weighted by atomic mass is 10.2. The van der Waals surface area contributed by atoms with Crippen molar-refractivity contribution in [3.05, 3.63) is 11.1 Å². The summed E-state index contributed by atoms with van der Waals surface area (Å²) < 4.78 is 4.76. The topological polar surface area (TPSA) is 43.4 Å². The molecule has 0 atom stereocenters. The highest BCUT2D eigenvalue weighted by Crippen LogP contribution is 2.92. The molecule has 5 saturated carbocycles. The first-order valence-corrected chi connectivity index (χ1v) is 8.05. The van der Waals surface area contributed by atoms with Crippen LogP contribution in [0.3, 0.4) is 0 Å². The SMILES string of the molecule is C1CC1=C1CC1.CCOC(=O)C(=O)C1C2(CC2)C12CC2. The summed E-state index contributed by atoms with van der Waals surface area (Å²) in [6.45, 7) is 2.04. The Morgan fingerprint density at radius 3 is 1.75 bits per heavy atom. The zero-order valence-electron chi connectivity index (χ0n) is 12.2. The van der Waals surface area contributed by atoms with Crippen molar-refractivity contribution in [2.75, 3.05) is 6.61 Å². The van der Waals surface area contributed by atoms with Crippen LogP contribution < -0.4 is 0 Å². The number of hydrogen-bond donors (Lipinski definition) is 0. The molecule has 0 aromatic rings. The summed E-state index contributed by atoms with van der Waals surface area (Å²) in [7, 11) is 0. The molecule has 5 aliphatic carbocycles. The van der Waals surface area contributed by atoms with E-state index in [1.165, 1.54) is 25.7 Å². The Hall–Kier alpha value is -1.12. The first-order chi connectivity index (χ1) is 9.64. The van der Waals surface area contributed by atoms with Gasteiger partial charge in [0.25, 0.3) is 0 Å². The number of rotatable bonds is 3. The van der Waals surface area contributed by atoms with Crippen LogP contribution in [0.2, 0.25) is 0 Å². The Morgan fingerprint density at radius 2 is 1.45 bits per heavy atom. The second-order valence-electron chi connectivity index (χ2n) is 7.04. The predicted octanol–water partition coefficient (Wildman–Crippen LogP) is 3.18. The summed E-state index contributed by atoms with van der Waals surface area (Å²) in [5.74, 6) is -0.816. The van der Waals surface area contributed by atoms with E-state index in [0.717, 1.165) is 25.7 Å². The highest BCUT2D eigenvalue weighted by atomic mass is 16.5. The molecule has 5 aliphatic rings. The van der Waals surface area contributed by atoms with Gasteiger partial charge < -0.3 is 4.74 Å². The third kappa shape index (κ3) is 1.78. The van der Waals surface area contributed by atoms with E-state index in [-0.39, 0.29) is 22.5 Å². The molecule has 0 heterocycles. The van der Waals surface area contributed by atoms with E-state index in [0.29, 0.717) is 6.61 Å². The quantitative estimate of drug-likeness (QED) is 0.451. The Bertz CT molecular complexity index is 476. The molecule has 108 valence electrons. The molecule has 0 bridgehead atoms. The minimum absolute atomic E-state index is 0.0362. The van der Waals surface area contributed by atoms with Gasteiger partial charge in [-0.15, -0.1) is 0 Å². The van der Waals surface area contributed by atoms with Gasteiger partial charge in [0.1, 0.15) is 0 Å². The zero-order valence-corrected chi connectivity index (χ0v) is 12.2. The lowest BCUT2D eigenvalue weighted by molar-refractivity contribution is -0.154. The number of allylic oxidation sites excluding steroid dienone is 2. The third-order valence-corrected chi connectivity index (χ3v) is 5.83. The van der Waals surface area contributed by atoms with Crippen LogP contribution in [-0.4, -0.2) is 18.4 Å². The molecule has 0 unspecified atom stereocenters. The first kappa shape index (κ1) is 12.6. The average molecular weight is 274 g/mol. The summed E-state index contributed by atoms with van der Waals surface area (Å²) in [4.78, 5) is 23.0. The van der Waals surface area contributed by atoms with Crippen molar-refractivity contribution in [1.29, 1.82) is 0 Å². The van der Waals surface area contributed by atoms with E-state index in [2.05, 4.69) is 0 Å². The van der Waals surface area contributed by atoms with E-state index in [1.807, 2.05) is 0 Å². The molecule has 20 heavy (non-hydrogen) atoms. The number of ketones is 1. The number of carbonyl (C=O) groups excluding carboxylic acids is 2. The van der Waals surface area contributed by atoms with Gasteiger partial charge in [-0.1, -0.05) is 11.1 Å². The highest BCUT2D eigenvalue weighted by Gasteiger charge is 2.89. The van der Waals surface area contributed by atoms with Gasteiger partial charge in [0.2, 0.25) is 5.78 Å². The van der Waals surface area contributed by atoms with E-state index in [1.54, 1.807) is 18.1 Å². The van der Waals surface area contributed by atoms with Gasteiger partial charge in [-0.3, -0.25) is 4.79 Å². The van der Waals surface area contributed by atoms with Crippen LogP contribution in [-0.2, 0) is 14.3 Å². The molecule has 5 fully saturated rings. The number of hydrogen-bond acceptors (Lipinski definition) is 3. The standard InChI is InChI=1S/C11H14O3.C6H8/c1-2-14-9(13)7(12)8-10(3-4-10)11(8)5-6-11;1-2-5(1)6-3-4-6/h8H,2-6H2,1H3;1-4H2. The van der Waals surface area contributed by atoms with Crippen LogP contribution in [0.1, 0.15) is 58.3 Å². The molecule has 0 aliphatic heterocycles. The van der Waals surface area contributed by atoms with Gasteiger partial charge in [0.15, 0.2) is 0 Å². The fourth-order valence-corrected chi connectivity index (χ4v) is 4.24. The maximum atomic E-state index is 11.7. The maximum Gasteiger partial charge on any atom is 0.374 e. The van der Waals surface area contributed by atoms with E-state index in [9.17, 15) is 9.59 Å². The lowest BCUT2D eigenvalue weighted by Gasteiger charge is -1.98. The van der Waals surface area contributed by atoms with Gasteiger partial charge in [-0.05, 0) is 69.1 Å². The van der Waals surface area contributed by atoms with Gasteiger partial charge in [-0.2, -0.15) is 0 Å². The van der Waals surface area contributed by atoms with Crippen molar-refractivity contribution >= 4 is 11.8 Å². The molecule has 0 aromatic carbocycles. The van der Waals surface area contributed by atoms with Crippen molar-refractivity contribution in [3.63, 3.8) is 0 Å². The smallest absolute Gasteiger partial charge is 0.374 e. The molecule has 3 heteroatoms. The molecule has 0 saturated heterocycles. The number of carbonyl (C=O) groups is 2. The minimum atomic E-state index is -0.604. The van der Waals surface area contributed by atoms with Gasteiger partial charge >= 0.3 is 5.97 Å². The second-order valence-corrected chi connectivity index (χ2v) is 7.04. The van der Waals surface area contributed by atoms with Crippen LogP contribution in [0.4, 0.5) is 0 Å². The van der Waals surface area contributed by atoms with Crippen molar-refractivity contribution in [2.45, 2.75) is 58.3 Å². The van der Waals surface area contributed by atoms with Crippen molar-refractivity contribution in [1.82, 2.24) is 0 Å². The lowest BCUT2D eigenvalue weighted by Crippen LogP contribution is -2.20. The van der Waals surface area contributed by atoms with Crippen LogP contribution >= 0.6 is 0 Å². The van der Waals surface area contributed by atoms with Crippen LogP contribution in [0.25, 0.3) is 0 Å². The summed E-state index contributed by atoms with van der Waals surface area (Å²) in [5, 5.41) is 0. The Morgan fingerprint density at radius 1 is 1.00 bits per heavy atom. The Balaban J connectivity index is 0.000000146. The third-order valence-electron chi connectivity index (χ3n) is 5.83. The van der Waals surface area contributed by atoms with E-state index in [4.69, 9.17) is 4.74 Å². The Labute approximate surface area is 119 Å². The van der Waals surface area contributed by atoms with Gasteiger partial charge in [0, 0.05) is 5.92 Å². The largest absolute Gasteiger partial charge is 0.460 e. The number of fused-ring (bicyclic) bond motifs is 1. The number of Topliss-reactive ketones (excluding diaryl/α,β-unsaturated/α-hetero) is 1. The molecule has 0 aromatic heterocycles. The fraction of sp³-hybridized carbons (Fsp3) is 0.765. The minimum Gasteiger partial charge on any atom is -0.460 e. The first-order valence-electron chi connectivity index (χ1n) is 8.05. The normalized spacial score (nSPS) is 31.4. The molecule has 5 rings (SSSR count). The zero-order chi connectivity index (χ0) is 14.0. The van der Waals surface area contributed by atoms with Gasteiger partial charge in [0.05, 0.1) is 6.61 Å². The summed E-state index contributed by atoms with van der Waals surface area (Å²) in [6, 6.07) is 0. The summed E-state index contributed by atoms with van der Waals surface area (Å²) >= 11 is 0. The van der Waals surface area contributed by atoms with Crippen LogP contribution in [0, 0.1) is 16.7 Å². The molecule has 0 radical (unpaired) electrons.